The third-order valence-electron chi connectivity index (χ3n) is 5.20. The highest BCUT2D eigenvalue weighted by Crippen LogP contribution is 2.35. The van der Waals surface area contributed by atoms with Crippen molar-refractivity contribution in [1.82, 2.24) is 9.21 Å². The Morgan fingerprint density at radius 3 is 2.52 bits per heavy atom. The molecule has 1 atom stereocenters. The normalized spacial score (nSPS) is 15.8. The van der Waals surface area contributed by atoms with E-state index in [-0.39, 0.29) is 29.0 Å². The van der Waals surface area contributed by atoms with E-state index in [2.05, 4.69) is 5.32 Å². The number of anilines is 1. The van der Waals surface area contributed by atoms with E-state index in [9.17, 15) is 18.0 Å². The van der Waals surface area contributed by atoms with Crippen LogP contribution >= 0.6 is 0 Å². The monoisotopic (exact) mass is 445 g/mol. The number of ether oxygens (including phenoxy) is 1. The summed E-state index contributed by atoms with van der Waals surface area (Å²) >= 11 is 0. The summed E-state index contributed by atoms with van der Waals surface area (Å²) in [5.74, 6) is -0.288. The molecule has 1 heterocycles. The Bertz CT molecular complexity index is 1090. The number of nitrogens with one attached hydrogen (secondary N) is 1. The van der Waals surface area contributed by atoms with Crippen molar-refractivity contribution in [1.29, 1.82) is 0 Å². The lowest BCUT2D eigenvalue weighted by molar-refractivity contribution is -0.131. The van der Waals surface area contributed by atoms with E-state index in [1.54, 1.807) is 24.8 Å². The van der Waals surface area contributed by atoms with Gasteiger partial charge in [0.1, 0.15) is 5.75 Å². The molecule has 1 aliphatic rings. The molecule has 0 saturated carbocycles. The van der Waals surface area contributed by atoms with Gasteiger partial charge in [0, 0.05) is 26.2 Å². The molecular formula is C22H27N3O5S. The minimum absolute atomic E-state index is 0.0380. The highest BCUT2D eigenvalue weighted by atomic mass is 32.2. The first-order valence-electron chi connectivity index (χ1n) is 10.0. The molecular weight excluding hydrogens is 418 g/mol. The Morgan fingerprint density at radius 2 is 1.87 bits per heavy atom. The minimum Gasteiger partial charge on any atom is -0.479 e. The van der Waals surface area contributed by atoms with Gasteiger partial charge in [-0.3, -0.25) is 9.59 Å². The number of benzene rings is 2. The van der Waals surface area contributed by atoms with Crippen molar-refractivity contribution in [3.05, 3.63) is 53.6 Å². The highest BCUT2D eigenvalue weighted by molar-refractivity contribution is 7.89. The Hall–Kier alpha value is -2.91. The van der Waals surface area contributed by atoms with Crippen molar-refractivity contribution in [3.8, 4) is 5.75 Å². The average molecular weight is 446 g/mol. The molecule has 1 aliphatic heterocycles. The van der Waals surface area contributed by atoms with E-state index in [0.717, 1.165) is 9.87 Å². The number of hydrogen-bond donors (Lipinski definition) is 1. The second kappa shape index (κ2) is 9.07. The number of carbonyl (C=O) groups is 2. The molecule has 3 rings (SSSR count). The zero-order valence-corrected chi connectivity index (χ0v) is 18.9. The summed E-state index contributed by atoms with van der Waals surface area (Å²) in [7, 11) is -2.57. The summed E-state index contributed by atoms with van der Waals surface area (Å²) in [5.41, 5.74) is 1.86. The number of likely N-dealkylation sites (N-methyl/N-ethyl adjacent to an activating group) is 2. The average Bonchev–Trinajstić information content (AvgIpc) is 2.73. The molecule has 2 amide bonds. The summed E-state index contributed by atoms with van der Waals surface area (Å²) in [5, 5.41) is 2.70. The number of nitrogens with zero attached hydrogens (tertiary/aromatic N) is 2. The summed E-state index contributed by atoms with van der Waals surface area (Å²) in [6, 6.07) is 12.5. The number of aryl methyl sites for hydroxylation is 1. The molecule has 0 radical (unpaired) electrons. The van der Waals surface area contributed by atoms with E-state index >= 15 is 0 Å². The molecule has 9 heteroatoms. The van der Waals surface area contributed by atoms with Crippen molar-refractivity contribution < 1.29 is 22.7 Å². The smallest absolute Gasteiger partial charge is 0.265 e. The van der Waals surface area contributed by atoms with Crippen LogP contribution in [0, 0.1) is 6.92 Å². The third kappa shape index (κ3) is 4.88. The van der Waals surface area contributed by atoms with E-state index in [4.69, 9.17) is 4.74 Å². The van der Waals surface area contributed by atoms with Crippen LogP contribution in [-0.2, 0) is 26.2 Å². The van der Waals surface area contributed by atoms with Crippen LogP contribution in [0.3, 0.4) is 0 Å². The van der Waals surface area contributed by atoms with Gasteiger partial charge in [-0.05, 0) is 38.0 Å². The largest absolute Gasteiger partial charge is 0.479 e. The van der Waals surface area contributed by atoms with Crippen molar-refractivity contribution >= 4 is 27.5 Å². The first-order valence-corrected chi connectivity index (χ1v) is 11.5. The zero-order valence-electron chi connectivity index (χ0n) is 18.1. The zero-order chi connectivity index (χ0) is 22.8. The van der Waals surface area contributed by atoms with Gasteiger partial charge in [-0.15, -0.1) is 0 Å². The number of hydrogen-bond acceptors (Lipinski definition) is 5. The van der Waals surface area contributed by atoms with Gasteiger partial charge >= 0.3 is 0 Å². The molecule has 0 spiro atoms. The number of sulfonamides is 1. The molecule has 0 aromatic heterocycles. The lowest BCUT2D eigenvalue weighted by Gasteiger charge is -2.27. The Morgan fingerprint density at radius 1 is 1.19 bits per heavy atom. The fraction of sp³-hybridized carbons (Fsp3) is 0.364. The molecule has 2 aromatic carbocycles. The summed E-state index contributed by atoms with van der Waals surface area (Å²) in [6.07, 6.45) is -0.721. The van der Waals surface area contributed by atoms with E-state index in [1.807, 2.05) is 37.3 Å². The van der Waals surface area contributed by atoms with E-state index in [1.165, 1.54) is 13.1 Å². The van der Waals surface area contributed by atoms with Gasteiger partial charge in [-0.1, -0.05) is 30.3 Å². The molecule has 31 heavy (non-hydrogen) atoms. The van der Waals surface area contributed by atoms with Gasteiger partial charge < -0.3 is 15.0 Å². The van der Waals surface area contributed by atoms with Crippen LogP contribution in [0.2, 0.25) is 0 Å². The van der Waals surface area contributed by atoms with Gasteiger partial charge in [0.15, 0.2) is 6.10 Å². The maximum absolute atomic E-state index is 13.2. The first-order chi connectivity index (χ1) is 14.6. The van der Waals surface area contributed by atoms with Gasteiger partial charge in [-0.2, -0.15) is 4.31 Å². The second-order valence-electron chi connectivity index (χ2n) is 7.52. The predicted octanol–water partition coefficient (Wildman–Crippen LogP) is 2.38. The van der Waals surface area contributed by atoms with Crippen LogP contribution in [0.25, 0.3) is 0 Å². The molecule has 1 N–H and O–H groups in total. The van der Waals surface area contributed by atoms with Crippen molar-refractivity contribution in [2.45, 2.75) is 38.3 Å². The molecule has 0 bridgehead atoms. The molecule has 8 nitrogen and oxygen atoms in total. The molecule has 0 saturated heterocycles. The van der Waals surface area contributed by atoms with Crippen molar-refractivity contribution in [2.75, 3.05) is 25.5 Å². The summed E-state index contributed by atoms with van der Waals surface area (Å²) in [4.78, 5) is 26.3. The van der Waals surface area contributed by atoms with Crippen molar-refractivity contribution in [3.63, 3.8) is 0 Å². The summed E-state index contributed by atoms with van der Waals surface area (Å²) < 4.78 is 33.0. The highest BCUT2D eigenvalue weighted by Gasteiger charge is 2.30. The number of fused-ring (bicyclic) bond motifs is 1. The van der Waals surface area contributed by atoms with Gasteiger partial charge in [-0.25, -0.2) is 8.42 Å². The maximum Gasteiger partial charge on any atom is 0.265 e. The SMILES string of the molecule is CCN(Cc1ccccc1)C(=O)CN(C)S(=O)(=O)c1cc2c(cc1C)NC(=O)C(C)O2. The van der Waals surface area contributed by atoms with Crippen LogP contribution in [0.5, 0.6) is 5.75 Å². The van der Waals surface area contributed by atoms with Crippen molar-refractivity contribution in [2.24, 2.45) is 0 Å². The van der Waals surface area contributed by atoms with Gasteiger partial charge in [0.2, 0.25) is 15.9 Å². The molecule has 0 aliphatic carbocycles. The fourth-order valence-corrected chi connectivity index (χ4v) is 4.68. The van der Waals surface area contributed by atoms with Crippen LogP contribution in [0.15, 0.2) is 47.4 Å². The second-order valence-corrected chi connectivity index (χ2v) is 9.53. The van der Waals surface area contributed by atoms with E-state index in [0.29, 0.717) is 24.3 Å². The van der Waals surface area contributed by atoms with Gasteiger partial charge in [0.25, 0.3) is 5.91 Å². The van der Waals surface area contributed by atoms with Crippen LogP contribution < -0.4 is 10.1 Å². The predicted molar refractivity (Wildman–Crippen MR) is 117 cm³/mol. The number of carbonyl (C=O) groups excluding carboxylic acids is 2. The molecule has 2 aromatic rings. The lowest BCUT2D eigenvalue weighted by Crippen LogP contribution is -2.41. The van der Waals surface area contributed by atoms with Crippen LogP contribution in [0.4, 0.5) is 5.69 Å². The molecule has 166 valence electrons. The lowest BCUT2D eigenvalue weighted by atomic mass is 10.1. The quantitative estimate of drug-likeness (QED) is 0.706. The number of amides is 2. The third-order valence-corrected chi connectivity index (χ3v) is 7.15. The Labute approximate surface area is 182 Å². The maximum atomic E-state index is 13.2. The van der Waals surface area contributed by atoms with E-state index < -0.39 is 16.1 Å². The topological polar surface area (TPSA) is 96.0 Å². The standard InChI is InChI=1S/C22H27N3O5S/c1-5-25(13-17-9-7-6-8-10-17)21(26)14-24(4)31(28,29)20-12-19-18(11-15(20)2)23-22(27)16(3)30-19/h6-12,16H,5,13-14H2,1-4H3,(H,23,27). The first kappa shape index (κ1) is 22.8. The van der Waals surface area contributed by atoms with Crippen LogP contribution in [0.1, 0.15) is 25.0 Å². The fourth-order valence-electron chi connectivity index (χ4n) is 3.34. The minimum atomic E-state index is -3.95. The number of rotatable bonds is 7. The van der Waals surface area contributed by atoms with Crippen LogP contribution in [-0.4, -0.2) is 55.7 Å². The van der Waals surface area contributed by atoms with Gasteiger partial charge in [0.05, 0.1) is 17.1 Å². The Balaban J connectivity index is 1.79. The Kier molecular flexibility index (Phi) is 6.66. The summed E-state index contributed by atoms with van der Waals surface area (Å²) in [6.45, 7) is 5.67. The molecule has 0 fully saturated rings. The molecule has 1 unspecified atom stereocenters.